The number of benzene rings is 1. The lowest BCUT2D eigenvalue weighted by atomic mass is 10.2. The van der Waals surface area contributed by atoms with Gasteiger partial charge in [-0.25, -0.2) is 4.79 Å². The van der Waals surface area contributed by atoms with E-state index in [0.717, 1.165) is 34.6 Å². The first-order valence-corrected chi connectivity index (χ1v) is 11.1. The van der Waals surface area contributed by atoms with E-state index in [1.54, 1.807) is 4.90 Å². The molecule has 8 heteroatoms. The number of nitrogens with one attached hydrogen (secondary N) is 1. The topological polar surface area (TPSA) is 78.4 Å². The number of aromatic nitrogens is 2. The summed E-state index contributed by atoms with van der Waals surface area (Å²) in [5.41, 5.74) is 0.113. The van der Waals surface area contributed by atoms with E-state index < -0.39 is 11.2 Å². The van der Waals surface area contributed by atoms with Gasteiger partial charge in [-0.2, -0.15) is 0 Å². The van der Waals surface area contributed by atoms with Crippen LogP contribution in [0.5, 0.6) is 0 Å². The lowest BCUT2D eigenvalue weighted by Crippen LogP contribution is -2.50. The summed E-state index contributed by atoms with van der Waals surface area (Å²) < 4.78 is 1.09. The highest BCUT2D eigenvalue weighted by molar-refractivity contribution is 7.09. The molecule has 1 aliphatic heterocycles. The van der Waals surface area contributed by atoms with Crippen LogP contribution in [0.25, 0.3) is 6.08 Å². The second-order valence-corrected chi connectivity index (χ2v) is 8.42. The molecular weight excluding hydrogens is 412 g/mol. The minimum absolute atomic E-state index is 0.00794. The van der Waals surface area contributed by atoms with Crippen LogP contribution in [0.15, 0.2) is 69.7 Å². The number of amides is 1. The van der Waals surface area contributed by atoms with Gasteiger partial charge in [-0.1, -0.05) is 48.6 Å². The van der Waals surface area contributed by atoms with E-state index in [1.165, 1.54) is 17.5 Å². The number of hydrogen-bond acceptors (Lipinski definition) is 5. The van der Waals surface area contributed by atoms with E-state index in [9.17, 15) is 14.4 Å². The third kappa shape index (κ3) is 5.10. The molecule has 1 aliphatic rings. The van der Waals surface area contributed by atoms with Crippen LogP contribution in [0.2, 0.25) is 0 Å². The van der Waals surface area contributed by atoms with Crippen LogP contribution in [0.3, 0.4) is 0 Å². The van der Waals surface area contributed by atoms with E-state index in [-0.39, 0.29) is 18.0 Å². The number of H-pyrrole nitrogens is 1. The number of nitrogens with zero attached hydrogens (tertiary/aromatic N) is 3. The van der Waals surface area contributed by atoms with Gasteiger partial charge >= 0.3 is 5.69 Å². The van der Waals surface area contributed by atoms with Gasteiger partial charge in [0.2, 0.25) is 0 Å². The highest BCUT2D eigenvalue weighted by atomic mass is 32.1. The van der Waals surface area contributed by atoms with Gasteiger partial charge in [0, 0.05) is 43.8 Å². The van der Waals surface area contributed by atoms with Gasteiger partial charge in [-0.3, -0.25) is 19.1 Å². The van der Waals surface area contributed by atoms with Gasteiger partial charge in [0.1, 0.15) is 5.56 Å². The van der Waals surface area contributed by atoms with Gasteiger partial charge in [-0.05, 0) is 17.0 Å². The second-order valence-electron chi connectivity index (χ2n) is 7.38. The Labute approximate surface area is 183 Å². The fourth-order valence-electron chi connectivity index (χ4n) is 3.57. The monoisotopic (exact) mass is 436 g/mol. The van der Waals surface area contributed by atoms with Crippen LogP contribution in [-0.2, 0) is 6.54 Å². The minimum Gasteiger partial charge on any atom is -0.336 e. The van der Waals surface area contributed by atoms with Crippen LogP contribution in [-0.4, -0.2) is 58.0 Å². The van der Waals surface area contributed by atoms with Gasteiger partial charge in [0.15, 0.2) is 0 Å². The summed E-state index contributed by atoms with van der Waals surface area (Å²) in [6.45, 7) is 3.52. The van der Waals surface area contributed by atoms with Crippen LogP contribution >= 0.6 is 11.3 Å². The Morgan fingerprint density at radius 2 is 1.81 bits per heavy atom. The van der Waals surface area contributed by atoms with Gasteiger partial charge < -0.3 is 9.88 Å². The van der Waals surface area contributed by atoms with Crippen molar-refractivity contribution in [1.29, 1.82) is 0 Å². The zero-order valence-corrected chi connectivity index (χ0v) is 17.9. The Morgan fingerprint density at radius 1 is 1.03 bits per heavy atom. The maximum Gasteiger partial charge on any atom is 0.328 e. The molecule has 0 saturated carbocycles. The van der Waals surface area contributed by atoms with E-state index >= 15 is 0 Å². The van der Waals surface area contributed by atoms with E-state index in [0.29, 0.717) is 13.1 Å². The van der Waals surface area contributed by atoms with Crippen molar-refractivity contribution >= 4 is 23.3 Å². The number of aromatic amines is 1. The summed E-state index contributed by atoms with van der Waals surface area (Å²) >= 11 is 1.46. The largest absolute Gasteiger partial charge is 0.336 e. The summed E-state index contributed by atoms with van der Waals surface area (Å²) in [5.74, 6) is -0.333. The summed E-state index contributed by atoms with van der Waals surface area (Å²) in [5, 5.41) is 1.89. The average Bonchev–Trinajstić information content (AvgIpc) is 3.31. The second kappa shape index (κ2) is 9.72. The number of carbonyl (C=O) groups excluding carboxylic acids is 1. The van der Waals surface area contributed by atoms with Crippen LogP contribution in [0.1, 0.15) is 20.8 Å². The Hall–Kier alpha value is -3.23. The van der Waals surface area contributed by atoms with Gasteiger partial charge in [0.25, 0.3) is 11.5 Å². The maximum absolute atomic E-state index is 13.0. The molecule has 1 N–H and O–H groups in total. The van der Waals surface area contributed by atoms with Gasteiger partial charge in [0.05, 0.1) is 6.54 Å². The quantitative estimate of drug-likeness (QED) is 0.642. The molecule has 1 aromatic carbocycles. The third-order valence-electron chi connectivity index (χ3n) is 5.32. The minimum atomic E-state index is -0.546. The molecule has 3 heterocycles. The molecular formula is C23H24N4O3S. The predicted molar refractivity (Wildman–Crippen MR) is 123 cm³/mol. The number of carbonyl (C=O) groups is 1. The first-order valence-electron chi connectivity index (χ1n) is 10.2. The van der Waals surface area contributed by atoms with Crippen molar-refractivity contribution in [2.45, 2.75) is 6.54 Å². The number of hydrogen-bond donors (Lipinski definition) is 1. The standard InChI is InChI=1S/C23H24N4O3S/c28-21(20-16-24-23(30)27(22(20)29)17-19-9-5-15-31-19)26-13-11-25(12-14-26)10-4-8-18-6-2-1-3-7-18/h1-9,15-16H,10-14,17H2,(H,24,30)/b8-4+. The molecule has 7 nitrogen and oxygen atoms in total. The Kier molecular flexibility index (Phi) is 6.59. The molecule has 0 bridgehead atoms. The van der Waals surface area contributed by atoms with Crippen molar-refractivity contribution in [3.8, 4) is 0 Å². The Balaban J connectivity index is 1.38. The SMILES string of the molecule is O=C(c1c[nH]c(=O)n(Cc2cccs2)c1=O)N1CCN(C/C=C/c2ccccc2)CC1. The molecule has 0 aliphatic carbocycles. The normalized spacial score (nSPS) is 14.9. The number of rotatable bonds is 6. The summed E-state index contributed by atoms with van der Waals surface area (Å²) in [6.07, 6.45) is 5.46. The molecule has 4 rings (SSSR count). The highest BCUT2D eigenvalue weighted by Crippen LogP contribution is 2.10. The molecule has 0 spiro atoms. The molecule has 1 saturated heterocycles. The van der Waals surface area contributed by atoms with Crippen molar-refractivity contribution in [3.63, 3.8) is 0 Å². The molecule has 2 aromatic heterocycles. The first-order chi connectivity index (χ1) is 15.1. The molecule has 160 valence electrons. The van der Waals surface area contributed by atoms with E-state index in [4.69, 9.17) is 0 Å². The van der Waals surface area contributed by atoms with E-state index in [1.807, 2.05) is 35.7 Å². The maximum atomic E-state index is 13.0. The average molecular weight is 437 g/mol. The first kappa shape index (κ1) is 21.0. The molecule has 0 unspecified atom stereocenters. The Bertz CT molecular complexity index is 1160. The summed E-state index contributed by atoms with van der Waals surface area (Å²) in [6, 6.07) is 13.8. The van der Waals surface area contributed by atoms with Crippen molar-refractivity contribution in [3.05, 3.63) is 97.0 Å². The zero-order valence-electron chi connectivity index (χ0n) is 17.1. The lowest BCUT2D eigenvalue weighted by Gasteiger charge is -2.34. The Morgan fingerprint density at radius 3 is 2.52 bits per heavy atom. The van der Waals surface area contributed by atoms with Crippen molar-refractivity contribution in [1.82, 2.24) is 19.4 Å². The van der Waals surface area contributed by atoms with Crippen LogP contribution in [0.4, 0.5) is 0 Å². The van der Waals surface area contributed by atoms with Crippen molar-refractivity contribution < 1.29 is 4.79 Å². The fraction of sp³-hybridized carbons (Fsp3) is 0.261. The van der Waals surface area contributed by atoms with Crippen molar-refractivity contribution in [2.24, 2.45) is 0 Å². The number of thiophene rings is 1. The molecule has 31 heavy (non-hydrogen) atoms. The summed E-state index contributed by atoms with van der Waals surface area (Å²) in [7, 11) is 0. The summed E-state index contributed by atoms with van der Waals surface area (Å²) in [4.78, 5) is 45.3. The van der Waals surface area contributed by atoms with Crippen LogP contribution < -0.4 is 11.2 Å². The van der Waals surface area contributed by atoms with Crippen LogP contribution in [0, 0.1) is 0 Å². The lowest BCUT2D eigenvalue weighted by molar-refractivity contribution is 0.0647. The number of piperazine rings is 1. The molecule has 1 amide bonds. The molecule has 0 atom stereocenters. The fourth-order valence-corrected chi connectivity index (χ4v) is 4.26. The molecule has 0 radical (unpaired) electrons. The molecule has 1 fully saturated rings. The van der Waals surface area contributed by atoms with Crippen molar-refractivity contribution in [2.75, 3.05) is 32.7 Å². The smallest absolute Gasteiger partial charge is 0.328 e. The third-order valence-corrected chi connectivity index (χ3v) is 6.18. The zero-order chi connectivity index (χ0) is 21.6. The predicted octanol–water partition coefficient (Wildman–Crippen LogP) is 2.12. The van der Waals surface area contributed by atoms with E-state index in [2.05, 4.69) is 34.2 Å². The highest BCUT2D eigenvalue weighted by Gasteiger charge is 2.24. The van der Waals surface area contributed by atoms with Gasteiger partial charge in [-0.15, -0.1) is 11.3 Å². The molecule has 3 aromatic rings.